The van der Waals surface area contributed by atoms with Gasteiger partial charge in [-0.2, -0.15) is 0 Å². The van der Waals surface area contributed by atoms with Crippen LogP contribution in [0.2, 0.25) is 0 Å². The highest BCUT2D eigenvalue weighted by atomic mass is 15.1. The molecule has 1 heteroatoms. The Kier molecular flexibility index (Phi) is 5.88. The molecule has 7 aromatic carbocycles. The van der Waals surface area contributed by atoms with Crippen LogP contribution in [0.3, 0.4) is 0 Å². The van der Waals surface area contributed by atoms with Crippen LogP contribution in [0.1, 0.15) is 0 Å². The van der Waals surface area contributed by atoms with Gasteiger partial charge in [0.1, 0.15) is 0 Å². The molecule has 0 saturated heterocycles. The number of nitrogens with zero attached hydrogens (tertiary/aromatic N) is 1. The number of fused-ring (bicyclic) bond motifs is 3. The van der Waals surface area contributed by atoms with E-state index in [-0.39, 0.29) is 0 Å². The van der Waals surface area contributed by atoms with Gasteiger partial charge in [-0.3, -0.25) is 0 Å². The predicted molar refractivity (Wildman–Crippen MR) is 167 cm³/mol. The summed E-state index contributed by atoms with van der Waals surface area (Å²) in [6.45, 7) is 0. The average Bonchev–Trinajstić information content (AvgIpc) is 3.03. The van der Waals surface area contributed by atoms with Crippen molar-refractivity contribution >= 4 is 38.6 Å². The van der Waals surface area contributed by atoms with E-state index < -0.39 is 0 Å². The fourth-order valence-electron chi connectivity index (χ4n) is 5.51. The maximum Gasteiger partial charge on any atom is 0.0546 e. The number of rotatable bonds is 5. The van der Waals surface area contributed by atoms with E-state index in [1.54, 1.807) is 0 Å². The fourth-order valence-corrected chi connectivity index (χ4v) is 5.51. The average molecular weight is 498 g/mol. The summed E-state index contributed by atoms with van der Waals surface area (Å²) in [5.74, 6) is 0. The van der Waals surface area contributed by atoms with Crippen molar-refractivity contribution in [2.24, 2.45) is 0 Å². The van der Waals surface area contributed by atoms with Gasteiger partial charge in [0.2, 0.25) is 0 Å². The SMILES string of the molecule is c1ccc(-c2ccc(N(c3ccc(-c4ccccc4)cc3)c3cc4ccccc4c4ccccc34)cc2)cc1. The quantitative estimate of drug-likeness (QED) is 0.214. The topological polar surface area (TPSA) is 3.24 Å². The zero-order valence-corrected chi connectivity index (χ0v) is 21.5. The highest BCUT2D eigenvalue weighted by Crippen LogP contribution is 2.42. The van der Waals surface area contributed by atoms with Crippen LogP contribution in [-0.4, -0.2) is 0 Å². The highest BCUT2D eigenvalue weighted by molar-refractivity contribution is 6.14. The van der Waals surface area contributed by atoms with E-state index in [0.29, 0.717) is 0 Å². The van der Waals surface area contributed by atoms with Crippen LogP contribution < -0.4 is 4.90 Å². The monoisotopic (exact) mass is 497 g/mol. The van der Waals surface area contributed by atoms with Gasteiger partial charge in [-0.1, -0.05) is 133 Å². The molecule has 0 saturated carbocycles. The van der Waals surface area contributed by atoms with E-state index in [4.69, 9.17) is 0 Å². The first kappa shape index (κ1) is 23.0. The molecule has 0 N–H and O–H groups in total. The van der Waals surface area contributed by atoms with Gasteiger partial charge in [0, 0.05) is 16.8 Å². The van der Waals surface area contributed by atoms with Crippen LogP contribution >= 0.6 is 0 Å². The van der Waals surface area contributed by atoms with Crippen molar-refractivity contribution in [1.82, 2.24) is 0 Å². The lowest BCUT2D eigenvalue weighted by molar-refractivity contribution is 1.30. The Morgan fingerprint density at radius 2 is 0.718 bits per heavy atom. The minimum absolute atomic E-state index is 1.13. The lowest BCUT2D eigenvalue weighted by Gasteiger charge is -2.28. The Labute approximate surface area is 229 Å². The molecule has 0 aliphatic carbocycles. The molecule has 0 heterocycles. The van der Waals surface area contributed by atoms with Crippen LogP contribution in [0.15, 0.2) is 164 Å². The normalized spacial score (nSPS) is 11.1. The van der Waals surface area contributed by atoms with Gasteiger partial charge in [0.05, 0.1) is 5.69 Å². The molecular formula is C38H27N. The van der Waals surface area contributed by atoms with Crippen molar-refractivity contribution in [3.8, 4) is 22.3 Å². The molecule has 7 rings (SSSR count). The third-order valence-corrected chi connectivity index (χ3v) is 7.45. The Morgan fingerprint density at radius 1 is 0.308 bits per heavy atom. The number of anilines is 3. The molecule has 0 aromatic heterocycles. The smallest absolute Gasteiger partial charge is 0.0546 e. The summed E-state index contributed by atoms with van der Waals surface area (Å²) in [5.41, 5.74) is 8.29. The molecule has 0 radical (unpaired) electrons. The van der Waals surface area contributed by atoms with Crippen molar-refractivity contribution in [2.45, 2.75) is 0 Å². The zero-order valence-electron chi connectivity index (χ0n) is 21.5. The highest BCUT2D eigenvalue weighted by Gasteiger charge is 2.17. The first-order valence-electron chi connectivity index (χ1n) is 13.4. The van der Waals surface area contributed by atoms with Gasteiger partial charge in [0.15, 0.2) is 0 Å². The molecule has 0 fully saturated rings. The summed E-state index contributed by atoms with van der Waals surface area (Å²) in [6, 6.07) is 58.7. The van der Waals surface area contributed by atoms with E-state index in [1.807, 2.05) is 0 Å². The van der Waals surface area contributed by atoms with Gasteiger partial charge in [0.25, 0.3) is 0 Å². The molecule has 0 amide bonds. The van der Waals surface area contributed by atoms with Crippen LogP contribution in [0.25, 0.3) is 43.8 Å². The van der Waals surface area contributed by atoms with Crippen molar-refractivity contribution in [1.29, 1.82) is 0 Å². The van der Waals surface area contributed by atoms with E-state index in [1.165, 1.54) is 49.5 Å². The van der Waals surface area contributed by atoms with E-state index in [9.17, 15) is 0 Å². The standard InChI is InChI=1S/C38H27N/c1-3-11-28(12-4-1)30-19-23-33(24-20-30)39(34-25-21-31(22-26-34)29-13-5-2-6-14-29)38-27-32-15-7-8-16-35(32)36-17-9-10-18-37(36)38/h1-27H. The molecular weight excluding hydrogens is 470 g/mol. The fraction of sp³-hybridized carbons (Fsp3) is 0. The van der Waals surface area contributed by atoms with Gasteiger partial charge in [-0.05, 0) is 68.7 Å². The zero-order chi connectivity index (χ0) is 26.0. The molecule has 0 aliphatic rings. The molecule has 0 bridgehead atoms. The predicted octanol–water partition coefficient (Wildman–Crippen LogP) is 10.8. The van der Waals surface area contributed by atoms with Crippen molar-refractivity contribution in [2.75, 3.05) is 4.90 Å². The Balaban J connectivity index is 1.42. The van der Waals surface area contributed by atoms with Gasteiger partial charge >= 0.3 is 0 Å². The first-order chi connectivity index (χ1) is 19.3. The van der Waals surface area contributed by atoms with Crippen molar-refractivity contribution < 1.29 is 0 Å². The summed E-state index contributed by atoms with van der Waals surface area (Å²) in [5, 5.41) is 5.00. The van der Waals surface area contributed by atoms with Gasteiger partial charge in [-0.15, -0.1) is 0 Å². The van der Waals surface area contributed by atoms with Crippen LogP contribution in [0.4, 0.5) is 17.1 Å². The third-order valence-electron chi connectivity index (χ3n) is 7.45. The molecule has 0 aliphatic heterocycles. The number of benzene rings is 7. The summed E-state index contributed by atoms with van der Waals surface area (Å²) in [4.78, 5) is 2.39. The summed E-state index contributed by atoms with van der Waals surface area (Å²) in [6.07, 6.45) is 0. The molecule has 0 unspecified atom stereocenters. The van der Waals surface area contributed by atoms with E-state index >= 15 is 0 Å². The molecule has 0 atom stereocenters. The van der Waals surface area contributed by atoms with Crippen LogP contribution in [-0.2, 0) is 0 Å². The Morgan fingerprint density at radius 3 is 1.26 bits per heavy atom. The lowest BCUT2D eigenvalue weighted by atomic mass is 9.98. The molecule has 0 spiro atoms. The summed E-state index contributed by atoms with van der Waals surface area (Å²) >= 11 is 0. The van der Waals surface area contributed by atoms with Crippen molar-refractivity contribution in [3.05, 3.63) is 164 Å². The maximum absolute atomic E-state index is 2.39. The molecule has 184 valence electrons. The van der Waals surface area contributed by atoms with Crippen LogP contribution in [0, 0.1) is 0 Å². The lowest BCUT2D eigenvalue weighted by Crippen LogP contribution is -2.10. The molecule has 7 aromatic rings. The van der Waals surface area contributed by atoms with Gasteiger partial charge < -0.3 is 4.90 Å². The minimum atomic E-state index is 1.13. The first-order valence-corrected chi connectivity index (χ1v) is 13.4. The van der Waals surface area contributed by atoms with E-state index in [0.717, 1.165) is 11.4 Å². The third kappa shape index (κ3) is 4.35. The van der Waals surface area contributed by atoms with Crippen molar-refractivity contribution in [3.63, 3.8) is 0 Å². The summed E-state index contributed by atoms with van der Waals surface area (Å²) < 4.78 is 0. The summed E-state index contributed by atoms with van der Waals surface area (Å²) in [7, 11) is 0. The largest absolute Gasteiger partial charge is 0.310 e. The minimum Gasteiger partial charge on any atom is -0.310 e. The Hall–Kier alpha value is -5.14. The second-order valence-corrected chi connectivity index (χ2v) is 9.82. The molecule has 1 nitrogen and oxygen atoms in total. The van der Waals surface area contributed by atoms with Gasteiger partial charge in [-0.25, -0.2) is 0 Å². The second kappa shape index (κ2) is 9.96. The number of hydrogen-bond donors (Lipinski definition) is 0. The second-order valence-electron chi connectivity index (χ2n) is 9.82. The number of hydrogen-bond acceptors (Lipinski definition) is 1. The Bertz CT molecular complexity index is 1790. The van der Waals surface area contributed by atoms with E-state index in [2.05, 4.69) is 169 Å². The molecule has 39 heavy (non-hydrogen) atoms. The maximum atomic E-state index is 2.39. The van der Waals surface area contributed by atoms with Crippen LogP contribution in [0.5, 0.6) is 0 Å².